The van der Waals surface area contributed by atoms with Gasteiger partial charge in [0.15, 0.2) is 0 Å². The molecule has 1 unspecified atom stereocenters. The van der Waals surface area contributed by atoms with Crippen LogP contribution in [-0.2, 0) is 4.74 Å². The van der Waals surface area contributed by atoms with Crippen LogP contribution in [0.4, 0.5) is 10.2 Å². The molecule has 1 aromatic rings. The van der Waals surface area contributed by atoms with Crippen LogP contribution >= 0.6 is 0 Å². The van der Waals surface area contributed by atoms with Crippen LogP contribution in [0.25, 0.3) is 0 Å². The van der Waals surface area contributed by atoms with Gasteiger partial charge in [-0.3, -0.25) is 0 Å². The SMILES string of the molecule is COCC(C)Nc1cccc(F)n1. The molecule has 0 spiro atoms. The normalized spacial score (nSPS) is 12.5. The van der Waals surface area contributed by atoms with Crippen molar-refractivity contribution in [1.29, 1.82) is 0 Å². The van der Waals surface area contributed by atoms with Gasteiger partial charge >= 0.3 is 0 Å². The molecule has 0 saturated carbocycles. The van der Waals surface area contributed by atoms with Crippen molar-refractivity contribution < 1.29 is 9.13 Å². The number of nitrogens with zero attached hydrogens (tertiary/aromatic N) is 1. The molecular weight excluding hydrogens is 171 g/mol. The van der Waals surface area contributed by atoms with Gasteiger partial charge in [0.2, 0.25) is 5.95 Å². The fraction of sp³-hybridized carbons (Fsp3) is 0.444. The predicted octanol–water partition coefficient (Wildman–Crippen LogP) is 1.67. The zero-order valence-electron chi connectivity index (χ0n) is 7.75. The third kappa shape index (κ3) is 3.38. The lowest BCUT2D eigenvalue weighted by Crippen LogP contribution is -2.21. The van der Waals surface area contributed by atoms with Gasteiger partial charge in [-0.1, -0.05) is 6.07 Å². The van der Waals surface area contributed by atoms with Crippen molar-refractivity contribution in [2.75, 3.05) is 19.0 Å². The number of nitrogens with one attached hydrogen (secondary N) is 1. The highest BCUT2D eigenvalue weighted by Gasteiger charge is 2.02. The standard InChI is InChI=1S/C9H13FN2O/c1-7(6-13-2)11-9-5-3-4-8(10)12-9/h3-5,7H,6H2,1-2H3,(H,11,12). The Labute approximate surface area is 76.9 Å². The fourth-order valence-corrected chi connectivity index (χ4v) is 1.03. The number of ether oxygens (including phenoxy) is 1. The monoisotopic (exact) mass is 184 g/mol. The van der Waals surface area contributed by atoms with E-state index in [9.17, 15) is 4.39 Å². The number of methoxy groups -OCH3 is 1. The summed E-state index contributed by atoms with van der Waals surface area (Å²) in [5, 5.41) is 3.01. The van der Waals surface area contributed by atoms with E-state index in [-0.39, 0.29) is 6.04 Å². The molecule has 1 aromatic heterocycles. The van der Waals surface area contributed by atoms with Crippen LogP contribution in [0.2, 0.25) is 0 Å². The Kier molecular flexibility index (Phi) is 3.64. The van der Waals surface area contributed by atoms with Gasteiger partial charge < -0.3 is 10.1 Å². The highest BCUT2D eigenvalue weighted by Crippen LogP contribution is 2.05. The summed E-state index contributed by atoms with van der Waals surface area (Å²) >= 11 is 0. The first-order chi connectivity index (χ1) is 6.22. The molecule has 4 heteroatoms. The summed E-state index contributed by atoms with van der Waals surface area (Å²) in [7, 11) is 1.62. The largest absolute Gasteiger partial charge is 0.383 e. The van der Waals surface area contributed by atoms with Crippen LogP contribution in [0, 0.1) is 5.95 Å². The molecule has 0 radical (unpaired) electrons. The molecule has 0 bridgehead atoms. The number of hydrogen-bond donors (Lipinski definition) is 1. The highest BCUT2D eigenvalue weighted by molar-refractivity contribution is 5.34. The van der Waals surface area contributed by atoms with Crippen LogP contribution in [0.15, 0.2) is 18.2 Å². The van der Waals surface area contributed by atoms with Gasteiger partial charge in [-0.15, -0.1) is 0 Å². The van der Waals surface area contributed by atoms with E-state index in [1.807, 2.05) is 6.92 Å². The van der Waals surface area contributed by atoms with Crippen molar-refractivity contribution in [2.24, 2.45) is 0 Å². The maximum Gasteiger partial charge on any atom is 0.214 e. The quantitative estimate of drug-likeness (QED) is 0.723. The molecule has 1 atom stereocenters. The van der Waals surface area contributed by atoms with E-state index in [0.717, 1.165) is 0 Å². The fourth-order valence-electron chi connectivity index (χ4n) is 1.03. The summed E-state index contributed by atoms with van der Waals surface area (Å²) in [5.74, 6) is 0.0548. The summed E-state index contributed by atoms with van der Waals surface area (Å²) in [6.45, 7) is 2.51. The molecule has 0 amide bonds. The van der Waals surface area contributed by atoms with E-state index >= 15 is 0 Å². The minimum absolute atomic E-state index is 0.124. The van der Waals surface area contributed by atoms with Crippen LogP contribution < -0.4 is 5.32 Å². The van der Waals surface area contributed by atoms with E-state index in [0.29, 0.717) is 12.4 Å². The van der Waals surface area contributed by atoms with Crippen LogP contribution in [0.1, 0.15) is 6.92 Å². The average Bonchev–Trinajstić information content (AvgIpc) is 2.04. The maximum absolute atomic E-state index is 12.6. The van der Waals surface area contributed by atoms with Crippen LogP contribution in [0.5, 0.6) is 0 Å². The van der Waals surface area contributed by atoms with Crippen LogP contribution in [-0.4, -0.2) is 24.7 Å². The lowest BCUT2D eigenvalue weighted by atomic mass is 10.3. The van der Waals surface area contributed by atoms with E-state index in [1.54, 1.807) is 19.2 Å². The van der Waals surface area contributed by atoms with Gasteiger partial charge in [-0.05, 0) is 19.1 Å². The number of hydrogen-bond acceptors (Lipinski definition) is 3. The van der Waals surface area contributed by atoms with Crippen LogP contribution in [0.3, 0.4) is 0 Å². The zero-order valence-corrected chi connectivity index (χ0v) is 7.75. The van der Waals surface area contributed by atoms with E-state index in [2.05, 4.69) is 10.3 Å². The first kappa shape index (κ1) is 9.92. The van der Waals surface area contributed by atoms with Crippen molar-refractivity contribution in [3.05, 3.63) is 24.1 Å². The topological polar surface area (TPSA) is 34.1 Å². The summed E-state index contributed by atoms with van der Waals surface area (Å²) < 4.78 is 17.5. The Hall–Kier alpha value is -1.16. The van der Waals surface area contributed by atoms with Gasteiger partial charge in [0.1, 0.15) is 5.82 Å². The minimum atomic E-state index is -0.477. The summed E-state index contributed by atoms with van der Waals surface area (Å²) in [6, 6.07) is 4.77. The molecule has 0 aliphatic heterocycles. The number of anilines is 1. The number of halogens is 1. The molecule has 0 saturated heterocycles. The third-order valence-corrected chi connectivity index (χ3v) is 1.53. The first-order valence-electron chi connectivity index (χ1n) is 4.10. The molecule has 72 valence electrons. The Morgan fingerprint density at radius 2 is 2.38 bits per heavy atom. The van der Waals surface area contributed by atoms with Crippen molar-refractivity contribution in [1.82, 2.24) is 4.98 Å². The van der Waals surface area contributed by atoms with Gasteiger partial charge in [0.05, 0.1) is 6.61 Å². The minimum Gasteiger partial charge on any atom is -0.383 e. The number of pyridine rings is 1. The molecule has 0 aromatic carbocycles. The molecule has 0 fully saturated rings. The van der Waals surface area contributed by atoms with Crippen molar-refractivity contribution in [3.63, 3.8) is 0 Å². The van der Waals surface area contributed by atoms with E-state index in [4.69, 9.17) is 4.74 Å². The van der Waals surface area contributed by atoms with E-state index < -0.39 is 5.95 Å². The Balaban J connectivity index is 2.53. The Morgan fingerprint density at radius 1 is 1.62 bits per heavy atom. The van der Waals surface area contributed by atoms with Crippen molar-refractivity contribution in [3.8, 4) is 0 Å². The zero-order chi connectivity index (χ0) is 9.68. The van der Waals surface area contributed by atoms with Gasteiger partial charge in [-0.2, -0.15) is 4.39 Å². The average molecular weight is 184 g/mol. The first-order valence-corrected chi connectivity index (χ1v) is 4.10. The molecule has 3 nitrogen and oxygen atoms in total. The van der Waals surface area contributed by atoms with Crippen molar-refractivity contribution in [2.45, 2.75) is 13.0 Å². The lowest BCUT2D eigenvalue weighted by molar-refractivity contribution is 0.190. The second-order valence-electron chi connectivity index (χ2n) is 2.85. The highest BCUT2D eigenvalue weighted by atomic mass is 19.1. The molecule has 13 heavy (non-hydrogen) atoms. The Morgan fingerprint density at radius 3 is 3.00 bits per heavy atom. The molecule has 1 N–H and O–H groups in total. The van der Waals surface area contributed by atoms with Gasteiger partial charge in [-0.25, -0.2) is 4.98 Å². The lowest BCUT2D eigenvalue weighted by Gasteiger charge is -2.12. The summed E-state index contributed by atoms with van der Waals surface area (Å²) in [6.07, 6.45) is 0. The second-order valence-corrected chi connectivity index (χ2v) is 2.85. The predicted molar refractivity (Wildman–Crippen MR) is 49.2 cm³/mol. The molecule has 1 heterocycles. The van der Waals surface area contributed by atoms with Gasteiger partial charge in [0.25, 0.3) is 0 Å². The molecular formula is C9H13FN2O. The second kappa shape index (κ2) is 4.77. The smallest absolute Gasteiger partial charge is 0.214 e. The van der Waals surface area contributed by atoms with Gasteiger partial charge in [0, 0.05) is 13.2 Å². The third-order valence-electron chi connectivity index (χ3n) is 1.53. The summed E-state index contributed by atoms with van der Waals surface area (Å²) in [5.41, 5.74) is 0. The Bertz CT molecular complexity index is 268. The van der Waals surface area contributed by atoms with E-state index in [1.165, 1.54) is 6.07 Å². The number of aromatic nitrogens is 1. The van der Waals surface area contributed by atoms with Crippen molar-refractivity contribution >= 4 is 5.82 Å². The number of rotatable bonds is 4. The molecule has 1 rings (SSSR count). The maximum atomic E-state index is 12.6. The molecule has 0 aliphatic rings. The molecule has 0 aliphatic carbocycles. The summed E-state index contributed by atoms with van der Waals surface area (Å²) in [4.78, 5) is 3.66.